The molecule has 0 aliphatic carbocycles. The van der Waals surface area contributed by atoms with E-state index < -0.39 is 48.4 Å². The van der Waals surface area contributed by atoms with Gasteiger partial charge >= 0.3 is 36.3 Å². The van der Waals surface area contributed by atoms with Gasteiger partial charge in [0, 0.05) is 19.5 Å². The van der Waals surface area contributed by atoms with E-state index in [1.807, 2.05) is 0 Å². The van der Waals surface area contributed by atoms with E-state index in [9.17, 15) is 28.8 Å². The van der Waals surface area contributed by atoms with E-state index >= 15 is 0 Å². The molecule has 0 saturated carbocycles. The summed E-state index contributed by atoms with van der Waals surface area (Å²) in [5, 5.41) is 10.2. The highest BCUT2D eigenvalue weighted by atomic mass is 16.6. The number of hydrogen-bond acceptors (Lipinski definition) is 12. The van der Waals surface area contributed by atoms with Crippen LogP contribution in [-0.2, 0) is 19.1 Å². The molecule has 4 amide bonds. The fourth-order valence-corrected chi connectivity index (χ4v) is 4.89. The van der Waals surface area contributed by atoms with Gasteiger partial charge in [-0.05, 0) is 74.2 Å². The number of esters is 2. The summed E-state index contributed by atoms with van der Waals surface area (Å²) in [5.74, 6) is -0.310. The number of benzene rings is 4. The third-order valence-electron chi connectivity index (χ3n) is 7.62. The zero-order valence-corrected chi connectivity index (χ0v) is 31.0. The highest BCUT2D eigenvalue weighted by Gasteiger charge is 2.25. The molecule has 0 heterocycles. The van der Waals surface area contributed by atoms with Gasteiger partial charge in [0.1, 0.15) is 35.1 Å². The molecule has 4 N–H and O–H groups in total. The van der Waals surface area contributed by atoms with Gasteiger partial charge in [0.05, 0.1) is 13.2 Å². The van der Waals surface area contributed by atoms with Crippen molar-refractivity contribution in [3.63, 3.8) is 0 Å². The molecule has 0 saturated heterocycles. The van der Waals surface area contributed by atoms with Gasteiger partial charge in [-0.2, -0.15) is 0 Å². The van der Waals surface area contributed by atoms with Crippen LogP contribution < -0.4 is 40.2 Å². The number of hydrogen-bond donors (Lipinski definition) is 4. The summed E-state index contributed by atoms with van der Waals surface area (Å²) >= 11 is 0. The van der Waals surface area contributed by atoms with Crippen molar-refractivity contribution in [3.05, 3.63) is 121 Å². The molecule has 0 fully saturated rings. The summed E-state index contributed by atoms with van der Waals surface area (Å²) in [6.07, 6.45) is -2.38. The first kappa shape index (κ1) is 42.6. The summed E-state index contributed by atoms with van der Waals surface area (Å²) in [5.41, 5.74) is 0. The van der Waals surface area contributed by atoms with E-state index in [1.165, 1.54) is 0 Å². The van der Waals surface area contributed by atoms with Crippen molar-refractivity contribution in [2.45, 2.75) is 44.2 Å². The van der Waals surface area contributed by atoms with E-state index in [0.717, 1.165) is 0 Å². The van der Waals surface area contributed by atoms with Crippen LogP contribution in [0.4, 0.5) is 19.2 Å². The average molecular weight is 785 g/mol. The summed E-state index contributed by atoms with van der Waals surface area (Å²) in [4.78, 5) is 75.6. The van der Waals surface area contributed by atoms with Gasteiger partial charge in [0.25, 0.3) is 0 Å². The molecule has 4 aromatic carbocycles. The molecule has 0 aromatic heterocycles. The Morgan fingerprint density at radius 3 is 1.02 bits per heavy atom. The number of carbonyl (C=O) groups excluding carboxylic acids is 6. The molecular formula is C41H44N4O12. The van der Waals surface area contributed by atoms with Gasteiger partial charge in [-0.25, -0.2) is 28.8 Å². The normalized spacial score (nSPS) is 11.4. The summed E-state index contributed by atoms with van der Waals surface area (Å²) < 4.78 is 31.6. The van der Waals surface area contributed by atoms with Crippen molar-refractivity contribution in [3.8, 4) is 23.0 Å². The largest absolute Gasteiger partial charge is 0.464 e. The van der Waals surface area contributed by atoms with E-state index in [0.29, 0.717) is 11.5 Å². The Labute approximate surface area is 329 Å². The highest BCUT2D eigenvalue weighted by Crippen LogP contribution is 2.12. The minimum atomic E-state index is -1.14. The molecular weight excluding hydrogens is 740 g/mol. The fourth-order valence-electron chi connectivity index (χ4n) is 4.89. The Morgan fingerprint density at radius 1 is 0.404 bits per heavy atom. The third kappa shape index (κ3) is 17.3. The van der Waals surface area contributed by atoms with Gasteiger partial charge < -0.3 is 49.7 Å². The Morgan fingerprint density at radius 2 is 0.702 bits per heavy atom. The molecule has 16 heteroatoms. The summed E-state index contributed by atoms with van der Waals surface area (Å²) in [6, 6.07) is 31.2. The predicted octanol–water partition coefficient (Wildman–Crippen LogP) is 5.91. The molecule has 0 radical (unpaired) electrons. The number of amides is 4. The molecule has 0 aliphatic heterocycles. The van der Waals surface area contributed by atoms with Crippen LogP contribution >= 0.6 is 0 Å². The fraction of sp³-hybridized carbons (Fsp3) is 0.268. The Bertz CT molecular complexity index is 1720. The van der Waals surface area contributed by atoms with Gasteiger partial charge in [-0.1, -0.05) is 72.8 Å². The van der Waals surface area contributed by atoms with Crippen LogP contribution in [0.2, 0.25) is 0 Å². The maximum absolute atomic E-state index is 13.1. The van der Waals surface area contributed by atoms with Gasteiger partial charge in [0.15, 0.2) is 0 Å². The number of para-hydroxylation sites is 4. The van der Waals surface area contributed by atoms with E-state index in [1.54, 1.807) is 121 Å². The van der Waals surface area contributed by atoms with Gasteiger partial charge in [-0.3, -0.25) is 0 Å². The van der Waals surface area contributed by atoms with Crippen molar-refractivity contribution < 1.29 is 57.2 Å². The molecule has 300 valence electrons. The Kier molecular flexibility index (Phi) is 18.2. The first-order valence-electron chi connectivity index (χ1n) is 18.2. The molecule has 2 atom stereocenters. The SMILES string of the molecule is O=C(NCCCC(NC(=O)Oc1ccccc1)C(=O)OCCCOC(=O)C(CCCNC(=O)Oc1ccccc1)NC(=O)Oc1ccccc1)Oc1ccccc1. The highest BCUT2D eigenvalue weighted by molar-refractivity contribution is 5.83. The zero-order chi connectivity index (χ0) is 40.5. The molecule has 0 bridgehead atoms. The smallest absolute Gasteiger partial charge is 0.413 e. The molecule has 57 heavy (non-hydrogen) atoms. The van der Waals surface area contributed by atoms with Crippen LogP contribution in [0, 0.1) is 0 Å². The second kappa shape index (κ2) is 24.3. The van der Waals surface area contributed by atoms with Crippen molar-refractivity contribution in [2.75, 3.05) is 26.3 Å². The molecule has 4 aromatic rings. The number of ether oxygens (including phenoxy) is 6. The van der Waals surface area contributed by atoms with E-state index in [4.69, 9.17) is 28.4 Å². The lowest BCUT2D eigenvalue weighted by atomic mass is 10.1. The van der Waals surface area contributed by atoms with Crippen LogP contribution in [0.5, 0.6) is 23.0 Å². The molecule has 0 aliphatic rings. The van der Waals surface area contributed by atoms with Crippen LogP contribution in [0.25, 0.3) is 0 Å². The minimum Gasteiger partial charge on any atom is -0.464 e. The second-order valence-electron chi connectivity index (χ2n) is 12.0. The van der Waals surface area contributed by atoms with Gasteiger partial charge in [0.2, 0.25) is 0 Å². The van der Waals surface area contributed by atoms with Crippen molar-refractivity contribution in [1.82, 2.24) is 21.3 Å². The van der Waals surface area contributed by atoms with E-state index in [-0.39, 0.29) is 69.9 Å². The van der Waals surface area contributed by atoms with E-state index in [2.05, 4.69) is 21.3 Å². The first-order chi connectivity index (χ1) is 27.7. The molecule has 16 nitrogen and oxygen atoms in total. The van der Waals surface area contributed by atoms with Crippen molar-refractivity contribution in [2.24, 2.45) is 0 Å². The molecule has 4 rings (SSSR count). The predicted molar refractivity (Wildman–Crippen MR) is 205 cm³/mol. The number of nitrogens with one attached hydrogen (secondary N) is 4. The van der Waals surface area contributed by atoms with Crippen LogP contribution in [0.15, 0.2) is 121 Å². The Hall–Kier alpha value is -7.10. The zero-order valence-electron chi connectivity index (χ0n) is 31.0. The molecule has 0 spiro atoms. The van der Waals surface area contributed by atoms with Gasteiger partial charge in [-0.15, -0.1) is 0 Å². The molecule has 2 unspecified atom stereocenters. The van der Waals surface area contributed by atoms with Crippen LogP contribution in [0.3, 0.4) is 0 Å². The average Bonchev–Trinajstić information content (AvgIpc) is 3.21. The van der Waals surface area contributed by atoms with Crippen molar-refractivity contribution in [1.29, 1.82) is 0 Å². The monoisotopic (exact) mass is 784 g/mol. The van der Waals surface area contributed by atoms with Crippen LogP contribution in [0.1, 0.15) is 32.1 Å². The lowest BCUT2D eigenvalue weighted by Gasteiger charge is -2.19. The number of rotatable bonds is 20. The lowest BCUT2D eigenvalue weighted by Crippen LogP contribution is -2.44. The third-order valence-corrected chi connectivity index (χ3v) is 7.62. The lowest BCUT2D eigenvalue weighted by molar-refractivity contribution is -0.148. The first-order valence-corrected chi connectivity index (χ1v) is 18.2. The summed E-state index contributed by atoms with van der Waals surface area (Å²) in [6.45, 7) is -0.103. The number of carbonyl (C=O) groups is 6. The standard InChI is InChI=1S/C41H44N4O12/c46-36(34(44-40(50)56-32-20-9-3-10-21-32)24-13-26-42-38(48)54-30-16-5-1-6-17-30)52-28-15-29-53-37(47)35(45-41(51)57-33-22-11-4-12-23-33)25-14-27-43-39(49)55-31-18-7-2-8-19-31/h1-12,16-23,34-35H,13-15,24-29H2,(H,42,48)(H,43,49)(H,44,50)(H,45,51). The van der Waals surface area contributed by atoms with Crippen molar-refractivity contribution >= 4 is 36.3 Å². The quantitative estimate of drug-likeness (QED) is 0.0609. The minimum absolute atomic E-state index is 0.0780. The Balaban J connectivity index is 1.23. The maximum Gasteiger partial charge on any atom is 0.413 e. The second-order valence-corrected chi connectivity index (χ2v) is 12.0. The topological polar surface area (TPSA) is 206 Å². The maximum atomic E-state index is 13.1. The van der Waals surface area contributed by atoms with Crippen LogP contribution in [-0.4, -0.2) is 74.7 Å². The summed E-state index contributed by atoms with van der Waals surface area (Å²) in [7, 11) is 0.